The standard InChI is InChI=1S/C21H10ClNO4/c22-12-5-8-18-15(10-12)19-13(20(24)27-18)6-7-16(23-19)14-9-11-3-1-2-4-17(11)26-21(14)25/h1-10H. The molecule has 6 heteroatoms. The number of pyridine rings is 1. The average Bonchev–Trinajstić information content (AvgIpc) is 2.68. The molecule has 0 amide bonds. The van der Waals surface area contributed by atoms with Gasteiger partial charge in [0.2, 0.25) is 0 Å². The molecule has 27 heavy (non-hydrogen) atoms. The number of aromatic nitrogens is 1. The fourth-order valence-corrected chi connectivity index (χ4v) is 3.32. The van der Waals surface area contributed by atoms with Crippen LogP contribution in [0.25, 0.3) is 44.1 Å². The zero-order valence-electron chi connectivity index (χ0n) is 13.7. The van der Waals surface area contributed by atoms with Crippen LogP contribution < -0.4 is 11.3 Å². The predicted octanol–water partition coefficient (Wildman–Crippen LogP) is 4.77. The summed E-state index contributed by atoms with van der Waals surface area (Å²) in [4.78, 5) is 29.3. The van der Waals surface area contributed by atoms with Crippen LogP contribution in [0.5, 0.6) is 0 Å². The molecule has 130 valence electrons. The number of nitrogens with zero attached hydrogens (tertiary/aromatic N) is 1. The van der Waals surface area contributed by atoms with Gasteiger partial charge in [-0.1, -0.05) is 29.8 Å². The van der Waals surface area contributed by atoms with Crippen molar-refractivity contribution in [3.05, 3.63) is 86.5 Å². The van der Waals surface area contributed by atoms with Crippen LogP contribution in [0.1, 0.15) is 0 Å². The van der Waals surface area contributed by atoms with Gasteiger partial charge in [0.15, 0.2) is 0 Å². The van der Waals surface area contributed by atoms with Gasteiger partial charge in [0.05, 0.1) is 22.2 Å². The number of benzene rings is 2. The van der Waals surface area contributed by atoms with Crippen molar-refractivity contribution in [1.82, 2.24) is 4.98 Å². The molecule has 0 aliphatic rings. The van der Waals surface area contributed by atoms with Gasteiger partial charge in [0.1, 0.15) is 11.2 Å². The summed E-state index contributed by atoms with van der Waals surface area (Å²) in [5.41, 5.74) is 1.05. The molecule has 3 heterocycles. The summed E-state index contributed by atoms with van der Waals surface area (Å²) >= 11 is 6.09. The fourth-order valence-electron chi connectivity index (χ4n) is 3.15. The van der Waals surface area contributed by atoms with Crippen molar-refractivity contribution in [1.29, 1.82) is 0 Å². The Morgan fingerprint density at radius 3 is 2.48 bits per heavy atom. The third-order valence-corrected chi connectivity index (χ3v) is 4.67. The second kappa shape index (κ2) is 5.79. The summed E-state index contributed by atoms with van der Waals surface area (Å²) in [5, 5.41) is 2.20. The molecule has 0 bridgehead atoms. The maximum Gasteiger partial charge on any atom is 0.345 e. The van der Waals surface area contributed by atoms with Crippen LogP contribution in [-0.4, -0.2) is 4.98 Å². The Kier molecular flexibility index (Phi) is 3.39. The Balaban J connectivity index is 1.86. The number of fused-ring (bicyclic) bond motifs is 4. The predicted molar refractivity (Wildman–Crippen MR) is 104 cm³/mol. The second-order valence-corrected chi connectivity index (χ2v) is 6.54. The molecule has 0 saturated carbocycles. The summed E-state index contributed by atoms with van der Waals surface area (Å²) in [6, 6.07) is 17.1. The van der Waals surface area contributed by atoms with Gasteiger partial charge in [0, 0.05) is 15.8 Å². The molecule has 0 atom stereocenters. The molecule has 0 fully saturated rings. The lowest BCUT2D eigenvalue weighted by atomic mass is 10.1. The maximum atomic E-state index is 12.4. The molecule has 0 aliphatic carbocycles. The van der Waals surface area contributed by atoms with Crippen molar-refractivity contribution in [3.8, 4) is 11.3 Å². The van der Waals surface area contributed by atoms with Gasteiger partial charge in [-0.3, -0.25) is 0 Å². The van der Waals surface area contributed by atoms with Crippen molar-refractivity contribution in [2.24, 2.45) is 0 Å². The second-order valence-electron chi connectivity index (χ2n) is 6.11. The van der Waals surface area contributed by atoms with Gasteiger partial charge in [-0.2, -0.15) is 0 Å². The minimum Gasteiger partial charge on any atom is -0.422 e. The first kappa shape index (κ1) is 15.8. The highest BCUT2D eigenvalue weighted by Gasteiger charge is 2.14. The Hall–Kier alpha value is -3.44. The molecular weight excluding hydrogens is 366 g/mol. The van der Waals surface area contributed by atoms with Gasteiger partial charge in [-0.25, -0.2) is 14.6 Å². The SMILES string of the molecule is O=c1oc2ccccc2cc1-c1ccc2c(=O)oc3ccc(Cl)cc3c2n1. The third kappa shape index (κ3) is 2.52. The number of hydrogen-bond acceptors (Lipinski definition) is 5. The van der Waals surface area contributed by atoms with Crippen LogP contribution in [0.3, 0.4) is 0 Å². The van der Waals surface area contributed by atoms with Crippen molar-refractivity contribution in [3.63, 3.8) is 0 Å². The fraction of sp³-hybridized carbons (Fsp3) is 0. The van der Waals surface area contributed by atoms with E-state index in [0.717, 1.165) is 5.39 Å². The highest BCUT2D eigenvalue weighted by atomic mass is 35.5. The molecule has 3 aromatic heterocycles. The van der Waals surface area contributed by atoms with Gasteiger partial charge in [-0.15, -0.1) is 0 Å². The third-order valence-electron chi connectivity index (χ3n) is 4.43. The van der Waals surface area contributed by atoms with Crippen LogP contribution in [-0.2, 0) is 0 Å². The lowest BCUT2D eigenvalue weighted by Gasteiger charge is -2.06. The zero-order valence-corrected chi connectivity index (χ0v) is 14.5. The van der Waals surface area contributed by atoms with Crippen LogP contribution in [0.15, 0.2) is 79.1 Å². The van der Waals surface area contributed by atoms with E-state index in [9.17, 15) is 9.59 Å². The van der Waals surface area contributed by atoms with E-state index in [0.29, 0.717) is 43.7 Å². The van der Waals surface area contributed by atoms with E-state index in [1.165, 1.54) is 0 Å². The monoisotopic (exact) mass is 375 g/mol. The topological polar surface area (TPSA) is 73.3 Å². The van der Waals surface area contributed by atoms with E-state index in [4.69, 9.17) is 20.4 Å². The Morgan fingerprint density at radius 2 is 1.59 bits per heavy atom. The zero-order chi connectivity index (χ0) is 18.5. The molecule has 5 aromatic rings. The smallest absolute Gasteiger partial charge is 0.345 e. The van der Waals surface area contributed by atoms with Crippen molar-refractivity contribution < 1.29 is 8.83 Å². The van der Waals surface area contributed by atoms with Crippen molar-refractivity contribution in [2.45, 2.75) is 0 Å². The van der Waals surface area contributed by atoms with E-state index < -0.39 is 11.3 Å². The molecule has 0 saturated heterocycles. The summed E-state index contributed by atoms with van der Waals surface area (Å²) in [6.45, 7) is 0. The quantitative estimate of drug-likeness (QED) is 0.312. The van der Waals surface area contributed by atoms with Crippen molar-refractivity contribution >= 4 is 44.4 Å². The summed E-state index contributed by atoms with van der Waals surface area (Å²) < 4.78 is 10.7. The molecule has 0 aliphatic heterocycles. The minimum atomic E-state index is -0.496. The average molecular weight is 376 g/mol. The maximum absolute atomic E-state index is 12.4. The van der Waals surface area contributed by atoms with Gasteiger partial charge >= 0.3 is 11.3 Å². The van der Waals surface area contributed by atoms with Crippen molar-refractivity contribution in [2.75, 3.05) is 0 Å². The van der Waals surface area contributed by atoms with Crippen LogP contribution in [0.4, 0.5) is 0 Å². The molecule has 0 N–H and O–H groups in total. The van der Waals surface area contributed by atoms with E-state index >= 15 is 0 Å². The number of halogens is 1. The van der Waals surface area contributed by atoms with Gasteiger partial charge < -0.3 is 8.83 Å². The lowest BCUT2D eigenvalue weighted by molar-refractivity contribution is 0.563. The lowest BCUT2D eigenvalue weighted by Crippen LogP contribution is -2.06. The normalized spacial score (nSPS) is 11.4. The summed E-state index contributed by atoms with van der Waals surface area (Å²) in [6.07, 6.45) is 0. The molecule has 0 radical (unpaired) electrons. The molecular formula is C21H10ClNO4. The van der Waals surface area contributed by atoms with Crippen LogP contribution in [0, 0.1) is 0 Å². The summed E-state index contributed by atoms with van der Waals surface area (Å²) in [5.74, 6) is 0. The molecule has 0 unspecified atom stereocenters. The first-order valence-corrected chi connectivity index (χ1v) is 8.54. The van der Waals surface area contributed by atoms with Crippen LogP contribution in [0.2, 0.25) is 5.02 Å². The Labute approximate surface area is 156 Å². The van der Waals surface area contributed by atoms with Gasteiger partial charge in [0.25, 0.3) is 0 Å². The minimum absolute atomic E-state index is 0.318. The van der Waals surface area contributed by atoms with Gasteiger partial charge in [-0.05, 0) is 42.5 Å². The largest absolute Gasteiger partial charge is 0.422 e. The summed E-state index contributed by atoms with van der Waals surface area (Å²) in [7, 11) is 0. The van der Waals surface area contributed by atoms with E-state index in [2.05, 4.69) is 4.98 Å². The first-order valence-electron chi connectivity index (χ1n) is 8.16. The highest BCUT2D eigenvalue weighted by Crippen LogP contribution is 2.27. The Bertz CT molecular complexity index is 1480. The number of para-hydroxylation sites is 1. The first-order chi connectivity index (χ1) is 13.1. The van der Waals surface area contributed by atoms with Crippen LogP contribution >= 0.6 is 11.6 Å². The van der Waals surface area contributed by atoms with E-state index in [-0.39, 0.29) is 0 Å². The Morgan fingerprint density at radius 1 is 0.778 bits per heavy atom. The molecule has 5 rings (SSSR count). The number of rotatable bonds is 1. The molecule has 0 spiro atoms. The van der Waals surface area contributed by atoms with E-state index in [1.807, 2.05) is 12.1 Å². The molecule has 5 nitrogen and oxygen atoms in total. The van der Waals surface area contributed by atoms with E-state index in [1.54, 1.807) is 48.5 Å². The molecule has 2 aromatic carbocycles. The number of hydrogen-bond donors (Lipinski definition) is 0. The highest BCUT2D eigenvalue weighted by molar-refractivity contribution is 6.31.